The molecule has 1 aromatic heterocycles. The number of ether oxygens (including phenoxy) is 1. The van der Waals surface area contributed by atoms with Crippen LogP contribution in [0.25, 0.3) is 0 Å². The van der Waals surface area contributed by atoms with Gasteiger partial charge in [-0.15, -0.1) is 0 Å². The number of nitrogens with one attached hydrogen (secondary N) is 1. The average molecular weight is 412 g/mol. The van der Waals surface area contributed by atoms with E-state index in [2.05, 4.69) is 27.1 Å². The number of anilines is 1. The van der Waals surface area contributed by atoms with Crippen LogP contribution in [-0.2, 0) is 9.53 Å². The van der Waals surface area contributed by atoms with Crippen molar-refractivity contribution < 1.29 is 13.9 Å². The Morgan fingerprint density at radius 3 is 3.00 bits per heavy atom. The molecule has 2 aliphatic carbocycles. The number of carbonyl (C=O) groups excluding carboxylic acids is 1. The van der Waals surface area contributed by atoms with Gasteiger partial charge in [0.15, 0.2) is 0 Å². The maximum absolute atomic E-state index is 14.5. The van der Waals surface area contributed by atoms with Crippen molar-refractivity contribution in [2.75, 3.05) is 19.0 Å². The Morgan fingerprint density at radius 2 is 2.24 bits per heavy atom. The molecule has 0 saturated heterocycles. The highest BCUT2D eigenvalue weighted by Crippen LogP contribution is 2.44. The maximum atomic E-state index is 14.5. The van der Waals surface area contributed by atoms with E-state index in [0.717, 1.165) is 24.1 Å². The summed E-state index contributed by atoms with van der Waals surface area (Å²) in [5.74, 6) is 5.14. The van der Waals surface area contributed by atoms with Crippen LogP contribution >= 0.6 is 11.6 Å². The number of aromatic nitrogens is 1. The van der Waals surface area contributed by atoms with E-state index < -0.39 is 18.1 Å². The van der Waals surface area contributed by atoms with E-state index in [-0.39, 0.29) is 5.57 Å². The normalized spacial score (nSPS) is 23.1. The Kier molecular flexibility index (Phi) is 5.50. The molecule has 29 heavy (non-hydrogen) atoms. The van der Waals surface area contributed by atoms with E-state index in [4.69, 9.17) is 16.3 Å². The van der Waals surface area contributed by atoms with Gasteiger partial charge in [0, 0.05) is 23.1 Å². The van der Waals surface area contributed by atoms with E-state index in [0.29, 0.717) is 28.9 Å². The second kappa shape index (κ2) is 8.22. The highest BCUT2D eigenvalue weighted by Gasteiger charge is 2.30. The van der Waals surface area contributed by atoms with Crippen molar-refractivity contribution >= 4 is 29.5 Å². The molecule has 1 saturated carbocycles. The van der Waals surface area contributed by atoms with Crippen LogP contribution in [-0.4, -0.2) is 37.0 Å². The molecule has 0 bridgehead atoms. The molecular formula is C22H19ClFN3O2. The van der Waals surface area contributed by atoms with Gasteiger partial charge in [0.2, 0.25) is 0 Å². The van der Waals surface area contributed by atoms with Gasteiger partial charge in [0.25, 0.3) is 0 Å². The van der Waals surface area contributed by atoms with E-state index in [1.807, 2.05) is 6.07 Å². The zero-order valence-corrected chi connectivity index (χ0v) is 16.5. The number of alkyl halides is 1. The fourth-order valence-corrected chi connectivity index (χ4v) is 3.51. The molecule has 0 spiro atoms. The second-order valence-corrected chi connectivity index (χ2v) is 7.46. The lowest BCUT2D eigenvalue weighted by Crippen LogP contribution is -2.16. The molecule has 7 heteroatoms. The topological polar surface area (TPSA) is 63.6 Å². The Labute approximate surface area is 173 Å². The van der Waals surface area contributed by atoms with Crippen molar-refractivity contribution in [2.24, 2.45) is 4.99 Å². The Morgan fingerprint density at radius 1 is 1.41 bits per heavy atom. The highest BCUT2D eigenvalue weighted by atomic mass is 35.5. The molecule has 5 nitrogen and oxygen atoms in total. The third-order valence-electron chi connectivity index (χ3n) is 4.97. The maximum Gasteiger partial charge on any atom is 0.342 e. The van der Waals surface area contributed by atoms with Gasteiger partial charge >= 0.3 is 5.97 Å². The smallest absolute Gasteiger partial charge is 0.342 e. The summed E-state index contributed by atoms with van der Waals surface area (Å²) >= 11 is 6.07. The molecule has 2 atom stereocenters. The molecule has 3 aliphatic rings. The van der Waals surface area contributed by atoms with Crippen LogP contribution in [0.4, 0.5) is 10.1 Å². The molecule has 0 aromatic carbocycles. The first-order valence-corrected chi connectivity index (χ1v) is 9.72. The van der Waals surface area contributed by atoms with E-state index in [1.165, 1.54) is 19.4 Å². The fourth-order valence-electron chi connectivity index (χ4n) is 3.30. The van der Waals surface area contributed by atoms with Gasteiger partial charge in [-0.05, 0) is 48.5 Å². The number of halogens is 2. The number of hydrogen-bond acceptors (Lipinski definition) is 5. The summed E-state index contributed by atoms with van der Waals surface area (Å²) in [4.78, 5) is 20.8. The summed E-state index contributed by atoms with van der Waals surface area (Å²) in [5, 5.41) is 3.74. The van der Waals surface area contributed by atoms with Crippen molar-refractivity contribution in [3.05, 3.63) is 58.1 Å². The van der Waals surface area contributed by atoms with Crippen molar-refractivity contribution in [2.45, 2.75) is 30.8 Å². The molecule has 1 aromatic rings. The SMILES string of the molecule is COC(=O)C1=C(Nc2cc(C3C=C(Cl)C=CC3F)ncc2C2CC2)C#CCN=C1. The number of rotatable bonds is 5. The Bertz CT molecular complexity index is 1030. The van der Waals surface area contributed by atoms with Crippen LogP contribution in [0.1, 0.15) is 35.9 Å². The Hall–Kier alpha value is -2.91. The van der Waals surface area contributed by atoms with Crippen molar-refractivity contribution in [3.8, 4) is 11.8 Å². The number of nitrogens with zero attached hydrogens (tertiary/aromatic N) is 2. The summed E-state index contributed by atoms with van der Waals surface area (Å²) in [6, 6.07) is 1.82. The number of aliphatic imine (C=N–C) groups is 1. The molecular weight excluding hydrogens is 393 g/mol. The second-order valence-electron chi connectivity index (χ2n) is 7.03. The van der Waals surface area contributed by atoms with Gasteiger partial charge in [-0.2, -0.15) is 0 Å². The lowest BCUT2D eigenvalue weighted by Gasteiger charge is -2.20. The van der Waals surface area contributed by atoms with E-state index in [9.17, 15) is 9.18 Å². The first-order chi connectivity index (χ1) is 14.1. The summed E-state index contributed by atoms with van der Waals surface area (Å²) in [6.07, 6.45) is 8.79. The quantitative estimate of drug-likeness (QED) is 0.587. The number of carbonyl (C=O) groups is 1. The minimum absolute atomic E-state index is 0.254. The van der Waals surface area contributed by atoms with Crippen LogP contribution in [0.5, 0.6) is 0 Å². The molecule has 0 amide bonds. The van der Waals surface area contributed by atoms with Gasteiger partial charge in [-0.3, -0.25) is 9.98 Å². The summed E-state index contributed by atoms with van der Waals surface area (Å²) in [7, 11) is 1.31. The number of allylic oxidation sites excluding steroid dienone is 5. The minimum atomic E-state index is -1.21. The van der Waals surface area contributed by atoms with Crippen LogP contribution in [0, 0.1) is 11.8 Å². The number of esters is 1. The zero-order chi connectivity index (χ0) is 20.4. The zero-order valence-electron chi connectivity index (χ0n) is 15.8. The third-order valence-corrected chi connectivity index (χ3v) is 5.23. The van der Waals surface area contributed by atoms with E-state index >= 15 is 0 Å². The van der Waals surface area contributed by atoms with Gasteiger partial charge in [0.1, 0.15) is 24.0 Å². The molecule has 1 fully saturated rings. The summed E-state index contributed by atoms with van der Waals surface area (Å²) in [6.45, 7) is 0.296. The standard InChI is InChI=1S/C22H19ClFN3O2/c1-29-22(28)17-11-25-8-2-3-19(17)27-21-10-20(26-12-16(21)13-4-5-13)15-9-14(23)6-7-18(15)24/h6-7,9-13,15,18H,4-5,8H2,1H3,(H,26,27). The molecule has 2 heterocycles. The van der Waals surface area contributed by atoms with Crippen LogP contribution in [0.3, 0.4) is 0 Å². The molecule has 148 valence electrons. The predicted molar refractivity (Wildman–Crippen MR) is 111 cm³/mol. The van der Waals surface area contributed by atoms with Crippen LogP contribution in [0.15, 0.2) is 51.8 Å². The largest absolute Gasteiger partial charge is 0.465 e. The minimum Gasteiger partial charge on any atom is -0.465 e. The summed E-state index contributed by atoms with van der Waals surface area (Å²) in [5.41, 5.74) is 2.99. The lowest BCUT2D eigenvalue weighted by atomic mass is 9.93. The first kappa shape index (κ1) is 19.4. The van der Waals surface area contributed by atoms with Gasteiger partial charge < -0.3 is 10.1 Å². The average Bonchev–Trinajstić information content (AvgIpc) is 3.57. The van der Waals surface area contributed by atoms with Gasteiger partial charge in [0.05, 0.1) is 18.7 Å². The predicted octanol–water partition coefficient (Wildman–Crippen LogP) is 4.00. The number of pyridine rings is 1. The molecule has 0 radical (unpaired) electrons. The lowest BCUT2D eigenvalue weighted by molar-refractivity contribution is -0.135. The van der Waals surface area contributed by atoms with Crippen LogP contribution in [0.2, 0.25) is 0 Å². The van der Waals surface area contributed by atoms with Crippen LogP contribution < -0.4 is 5.32 Å². The number of hydrogen-bond donors (Lipinski definition) is 1. The molecule has 1 aliphatic heterocycles. The Balaban J connectivity index is 1.74. The molecule has 4 rings (SSSR count). The van der Waals surface area contributed by atoms with Gasteiger partial charge in [-0.1, -0.05) is 23.6 Å². The first-order valence-electron chi connectivity index (χ1n) is 9.34. The van der Waals surface area contributed by atoms with Crippen molar-refractivity contribution in [1.82, 2.24) is 4.98 Å². The molecule has 2 unspecified atom stereocenters. The van der Waals surface area contributed by atoms with Crippen molar-refractivity contribution in [3.63, 3.8) is 0 Å². The molecule has 1 N–H and O–H groups in total. The third kappa shape index (κ3) is 4.25. The highest BCUT2D eigenvalue weighted by molar-refractivity contribution is 6.31. The van der Waals surface area contributed by atoms with Gasteiger partial charge in [-0.25, -0.2) is 9.18 Å². The fraction of sp³-hybridized carbons (Fsp3) is 0.318. The monoisotopic (exact) mass is 411 g/mol. The van der Waals surface area contributed by atoms with E-state index in [1.54, 1.807) is 18.3 Å². The number of methoxy groups -OCH3 is 1. The van der Waals surface area contributed by atoms with Crippen molar-refractivity contribution in [1.29, 1.82) is 0 Å². The summed E-state index contributed by atoms with van der Waals surface area (Å²) < 4.78 is 19.3.